The number of hydrogen-bond donors (Lipinski definition) is 0. The minimum atomic E-state index is 0.236. The number of nitrogens with zero attached hydrogens (tertiary/aromatic N) is 3. The normalized spacial score (nSPS) is 9.00. The molecule has 1 aromatic heterocycles. The van der Waals surface area contributed by atoms with Gasteiger partial charge < -0.3 is 4.79 Å². The predicted molar refractivity (Wildman–Crippen MR) is 24.9 cm³/mol. The summed E-state index contributed by atoms with van der Waals surface area (Å²) in [4.78, 5) is 13.3. The summed E-state index contributed by atoms with van der Waals surface area (Å²) >= 11 is 0. The van der Waals surface area contributed by atoms with E-state index in [1.807, 2.05) is 0 Å². The van der Waals surface area contributed by atoms with Crippen LogP contribution in [0.4, 0.5) is 0 Å². The first-order valence-electron chi connectivity index (χ1n) is 2.12. The van der Waals surface area contributed by atoms with Crippen molar-refractivity contribution in [3.05, 3.63) is 12.7 Å². The van der Waals surface area contributed by atoms with E-state index < -0.39 is 0 Å². The highest BCUT2D eigenvalue weighted by molar-refractivity contribution is 5.48. The fraction of sp³-hybridized carbons (Fsp3) is 0.250. The topological polar surface area (TPSA) is 47.8 Å². The van der Waals surface area contributed by atoms with E-state index in [-0.39, 0.29) is 6.54 Å². The van der Waals surface area contributed by atoms with E-state index in [9.17, 15) is 4.79 Å². The van der Waals surface area contributed by atoms with Crippen molar-refractivity contribution in [2.24, 2.45) is 0 Å². The molecule has 1 radical (unpaired) electrons. The fourth-order valence-electron chi connectivity index (χ4n) is 0.365. The van der Waals surface area contributed by atoms with E-state index >= 15 is 0 Å². The van der Waals surface area contributed by atoms with Gasteiger partial charge in [-0.05, 0) is 0 Å². The maximum Gasteiger partial charge on any atom is 0.196 e. The van der Waals surface area contributed by atoms with E-state index in [1.54, 1.807) is 0 Å². The summed E-state index contributed by atoms with van der Waals surface area (Å²) < 4.78 is 1.33. The molecule has 0 N–H and O–H groups in total. The number of hydrogen-bond acceptors (Lipinski definition) is 3. The number of carbonyl (C=O) groups excluding carboxylic acids is 1. The van der Waals surface area contributed by atoms with Crippen molar-refractivity contribution in [2.75, 3.05) is 0 Å². The predicted octanol–water partition coefficient (Wildman–Crippen LogP) is -0.723. The Morgan fingerprint density at radius 2 is 2.75 bits per heavy atom. The minimum Gasteiger partial charge on any atom is -0.301 e. The molecule has 0 fully saturated rings. The number of carbonyl (C=O) groups is 1. The van der Waals surface area contributed by atoms with Crippen LogP contribution >= 0.6 is 0 Å². The van der Waals surface area contributed by atoms with Gasteiger partial charge in [-0.25, -0.2) is 9.67 Å². The lowest BCUT2D eigenvalue weighted by Crippen LogP contribution is -1.98. The second kappa shape index (κ2) is 2.20. The zero-order chi connectivity index (χ0) is 5.82. The average molecular weight is 110 g/mol. The van der Waals surface area contributed by atoms with E-state index in [0.717, 1.165) is 6.29 Å². The Bertz CT molecular complexity index is 158. The number of aromatic nitrogens is 3. The molecule has 4 nitrogen and oxygen atoms in total. The van der Waals surface area contributed by atoms with Gasteiger partial charge in [-0.2, -0.15) is 5.10 Å². The molecule has 0 spiro atoms. The van der Waals surface area contributed by atoms with Crippen LogP contribution < -0.4 is 0 Å². The van der Waals surface area contributed by atoms with Crippen molar-refractivity contribution < 1.29 is 4.79 Å². The third-order valence-corrected chi connectivity index (χ3v) is 0.669. The van der Waals surface area contributed by atoms with Crippen LogP contribution in [0.1, 0.15) is 0 Å². The highest BCUT2D eigenvalue weighted by atomic mass is 16.1. The van der Waals surface area contributed by atoms with Gasteiger partial charge in [0.1, 0.15) is 12.6 Å². The van der Waals surface area contributed by atoms with E-state index in [1.165, 1.54) is 11.0 Å². The van der Waals surface area contributed by atoms with Crippen LogP contribution in [-0.4, -0.2) is 21.1 Å². The molecule has 4 heteroatoms. The zero-order valence-corrected chi connectivity index (χ0v) is 4.11. The summed E-state index contributed by atoms with van der Waals surface area (Å²) in [6.07, 6.45) is 4.54. The maximum absolute atomic E-state index is 9.76. The summed E-state index contributed by atoms with van der Waals surface area (Å²) in [6, 6.07) is 0. The molecule has 8 heavy (non-hydrogen) atoms. The van der Waals surface area contributed by atoms with Gasteiger partial charge >= 0.3 is 0 Å². The standard InChI is InChI=1S/C4H4N3O/c8-2-1-7-4-5-3-6-7/h2-3H,1H2. The molecule has 0 aliphatic heterocycles. The Hall–Kier alpha value is -1.19. The van der Waals surface area contributed by atoms with Crippen LogP contribution in [0.15, 0.2) is 6.33 Å². The molecular formula is C4H4N3O. The Labute approximate surface area is 46.1 Å². The van der Waals surface area contributed by atoms with Crippen LogP contribution in [0.3, 0.4) is 0 Å². The molecule has 0 saturated carbocycles. The zero-order valence-electron chi connectivity index (χ0n) is 4.11. The molecule has 0 aromatic carbocycles. The second-order valence-electron chi connectivity index (χ2n) is 1.21. The molecule has 1 heterocycles. The molecule has 0 aliphatic carbocycles. The fourth-order valence-corrected chi connectivity index (χ4v) is 0.365. The lowest BCUT2D eigenvalue weighted by molar-refractivity contribution is -0.108. The first-order valence-corrected chi connectivity index (χ1v) is 2.12. The van der Waals surface area contributed by atoms with E-state index in [0.29, 0.717) is 0 Å². The van der Waals surface area contributed by atoms with Gasteiger partial charge in [0.05, 0.1) is 6.54 Å². The Morgan fingerprint density at radius 3 is 3.25 bits per heavy atom. The van der Waals surface area contributed by atoms with E-state index in [4.69, 9.17) is 0 Å². The molecule has 0 bridgehead atoms. The molecule has 0 unspecified atom stereocenters. The van der Waals surface area contributed by atoms with Gasteiger partial charge in [0.2, 0.25) is 0 Å². The number of aldehydes is 1. The van der Waals surface area contributed by atoms with Crippen LogP contribution in [0.2, 0.25) is 0 Å². The number of rotatable bonds is 2. The SMILES string of the molecule is O=CCn1[c]ncn1. The Balaban J connectivity index is 2.62. The van der Waals surface area contributed by atoms with Crippen molar-refractivity contribution in [3.8, 4) is 0 Å². The first kappa shape index (κ1) is 4.96. The van der Waals surface area contributed by atoms with Gasteiger partial charge in [0.25, 0.3) is 0 Å². The van der Waals surface area contributed by atoms with Gasteiger partial charge in [0, 0.05) is 0 Å². The van der Waals surface area contributed by atoms with Gasteiger partial charge in [-0.15, -0.1) is 0 Å². The second-order valence-corrected chi connectivity index (χ2v) is 1.21. The van der Waals surface area contributed by atoms with Gasteiger partial charge in [0.15, 0.2) is 6.33 Å². The average Bonchev–Trinajstić information content (AvgIpc) is 2.19. The molecule has 0 atom stereocenters. The highest BCUT2D eigenvalue weighted by Gasteiger charge is 1.85. The molecule has 0 aliphatic rings. The Morgan fingerprint density at radius 1 is 1.88 bits per heavy atom. The van der Waals surface area contributed by atoms with Crippen LogP contribution in [0.5, 0.6) is 0 Å². The molecule has 0 amide bonds. The van der Waals surface area contributed by atoms with Crippen LogP contribution in [-0.2, 0) is 11.3 Å². The van der Waals surface area contributed by atoms with Gasteiger partial charge in [-0.1, -0.05) is 0 Å². The smallest absolute Gasteiger partial charge is 0.196 e. The van der Waals surface area contributed by atoms with Crippen LogP contribution in [0, 0.1) is 6.33 Å². The highest BCUT2D eigenvalue weighted by Crippen LogP contribution is 1.71. The molecule has 1 aromatic rings. The summed E-state index contributed by atoms with van der Waals surface area (Å²) in [7, 11) is 0. The van der Waals surface area contributed by atoms with Crippen molar-refractivity contribution in [1.29, 1.82) is 0 Å². The molecule has 0 saturated heterocycles. The summed E-state index contributed by atoms with van der Waals surface area (Å²) in [5.41, 5.74) is 0. The van der Waals surface area contributed by atoms with Crippen LogP contribution in [0.25, 0.3) is 0 Å². The lowest BCUT2D eigenvalue weighted by Gasteiger charge is -1.83. The maximum atomic E-state index is 9.76. The molecule has 41 valence electrons. The van der Waals surface area contributed by atoms with E-state index in [2.05, 4.69) is 16.4 Å². The Kier molecular flexibility index (Phi) is 1.37. The minimum absolute atomic E-state index is 0.236. The lowest BCUT2D eigenvalue weighted by atomic mass is 10.7. The first-order chi connectivity index (χ1) is 3.93. The quantitative estimate of drug-likeness (QED) is 0.472. The van der Waals surface area contributed by atoms with Crippen molar-refractivity contribution in [1.82, 2.24) is 14.8 Å². The molecular weight excluding hydrogens is 106 g/mol. The molecule has 1 rings (SSSR count). The monoisotopic (exact) mass is 110 g/mol. The van der Waals surface area contributed by atoms with Crippen molar-refractivity contribution in [3.63, 3.8) is 0 Å². The third-order valence-electron chi connectivity index (χ3n) is 0.669. The largest absolute Gasteiger partial charge is 0.301 e. The summed E-state index contributed by atoms with van der Waals surface area (Å²) in [5.74, 6) is 0. The summed E-state index contributed by atoms with van der Waals surface area (Å²) in [5, 5.41) is 3.62. The van der Waals surface area contributed by atoms with Crippen molar-refractivity contribution >= 4 is 6.29 Å². The van der Waals surface area contributed by atoms with Gasteiger partial charge in [-0.3, -0.25) is 0 Å². The van der Waals surface area contributed by atoms with Crippen molar-refractivity contribution in [2.45, 2.75) is 6.54 Å². The summed E-state index contributed by atoms with van der Waals surface area (Å²) in [6.45, 7) is 0.236. The third kappa shape index (κ3) is 0.900.